The molecule has 0 atom stereocenters. The van der Waals surface area contributed by atoms with Gasteiger partial charge in [-0.25, -0.2) is 8.42 Å². The predicted molar refractivity (Wildman–Crippen MR) is 69.4 cm³/mol. The second-order valence-electron chi connectivity index (χ2n) is 3.90. The van der Waals surface area contributed by atoms with Crippen LogP contribution in [0.4, 0.5) is 5.69 Å². The molecule has 0 saturated carbocycles. The zero-order valence-electron chi connectivity index (χ0n) is 9.81. The van der Waals surface area contributed by atoms with Crippen molar-refractivity contribution in [1.29, 1.82) is 0 Å². The van der Waals surface area contributed by atoms with E-state index < -0.39 is 14.8 Å². The molecule has 0 aromatic heterocycles. The average Bonchev–Trinajstić information content (AvgIpc) is 2.39. The highest BCUT2D eigenvalue weighted by atomic mass is 32.2. The lowest BCUT2D eigenvalue weighted by atomic mass is 10.2. The minimum atomic E-state index is -3.74. The van der Waals surface area contributed by atoms with Crippen LogP contribution in [0.1, 0.15) is 5.56 Å². The monoisotopic (exact) mass is 276 g/mol. The molecule has 0 spiro atoms. The quantitative estimate of drug-likeness (QED) is 0.637. The molecule has 97 valence electrons. The molecule has 6 heteroatoms. The minimum Gasteiger partial charge on any atom is -0.258 e. The predicted octanol–water partition coefficient (Wildman–Crippen LogP) is 2.61. The first-order chi connectivity index (χ1) is 8.91. The highest BCUT2D eigenvalue weighted by Gasteiger charge is 2.19. The molecule has 2 aromatic rings. The third kappa shape index (κ3) is 2.63. The summed E-state index contributed by atoms with van der Waals surface area (Å²) in [4.78, 5) is 10.0. The number of benzene rings is 2. The molecular weight excluding hydrogens is 266 g/mol. The standard InChI is InChI=1S/C13H10NO4S/c1-10-5-7-12(8-6-10)19(17,18)13-4-2-3-11(9-13)14(15)16/h2-9H,1H2. The summed E-state index contributed by atoms with van der Waals surface area (Å²) < 4.78 is 24.6. The van der Waals surface area contributed by atoms with E-state index in [4.69, 9.17) is 0 Å². The molecule has 0 aliphatic rings. The van der Waals surface area contributed by atoms with Crippen LogP contribution >= 0.6 is 0 Å². The smallest absolute Gasteiger partial charge is 0.258 e. The summed E-state index contributed by atoms with van der Waals surface area (Å²) in [5, 5.41) is 10.7. The molecular formula is C13H10NO4S. The van der Waals surface area contributed by atoms with Crippen molar-refractivity contribution in [3.63, 3.8) is 0 Å². The van der Waals surface area contributed by atoms with E-state index in [-0.39, 0.29) is 15.5 Å². The van der Waals surface area contributed by atoms with Crippen LogP contribution in [0.5, 0.6) is 0 Å². The Morgan fingerprint density at radius 2 is 1.63 bits per heavy atom. The summed E-state index contributed by atoms with van der Waals surface area (Å²) in [6.45, 7) is 3.67. The third-order valence-corrected chi connectivity index (χ3v) is 4.34. The van der Waals surface area contributed by atoms with Gasteiger partial charge in [0.05, 0.1) is 14.7 Å². The maximum absolute atomic E-state index is 12.3. The average molecular weight is 276 g/mol. The molecule has 0 heterocycles. The molecule has 0 bridgehead atoms. The largest absolute Gasteiger partial charge is 0.270 e. The van der Waals surface area contributed by atoms with E-state index in [1.54, 1.807) is 12.1 Å². The van der Waals surface area contributed by atoms with Crippen LogP contribution in [0.2, 0.25) is 0 Å². The van der Waals surface area contributed by atoms with E-state index in [2.05, 4.69) is 6.92 Å². The van der Waals surface area contributed by atoms with Crippen LogP contribution in [-0.4, -0.2) is 13.3 Å². The molecule has 2 aromatic carbocycles. The molecule has 0 N–H and O–H groups in total. The van der Waals surface area contributed by atoms with E-state index in [0.717, 1.165) is 6.07 Å². The Morgan fingerprint density at radius 1 is 1.00 bits per heavy atom. The maximum atomic E-state index is 12.3. The fourth-order valence-corrected chi connectivity index (χ4v) is 2.87. The summed E-state index contributed by atoms with van der Waals surface area (Å²) in [5.74, 6) is 0. The van der Waals surface area contributed by atoms with Crippen LogP contribution in [0, 0.1) is 17.0 Å². The number of sulfone groups is 1. The zero-order chi connectivity index (χ0) is 14.0. The van der Waals surface area contributed by atoms with Crippen LogP contribution in [0.25, 0.3) is 0 Å². The Bertz CT molecular complexity index is 721. The summed E-state index contributed by atoms with van der Waals surface area (Å²) in [7, 11) is -3.74. The Morgan fingerprint density at radius 3 is 2.21 bits per heavy atom. The van der Waals surface area contributed by atoms with Gasteiger partial charge in [0.1, 0.15) is 0 Å². The van der Waals surface area contributed by atoms with Gasteiger partial charge in [0, 0.05) is 12.1 Å². The molecule has 5 nitrogen and oxygen atoms in total. The second kappa shape index (κ2) is 4.81. The fraction of sp³-hybridized carbons (Fsp3) is 0. The second-order valence-corrected chi connectivity index (χ2v) is 5.85. The molecule has 0 aliphatic carbocycles. The van der Waals surface area contributed by atoms with Crippen molar-refractivity contribution in [3.8, 4) is 0 Å². The number of nitrogens with zero attached hydrogens (tertiary/aromatic N) is 1. The fourth-order valence-electron chi connectivity index (χ4n) is 1.57. The van der Waals surface area contributed by atoms with E-state index in [1.165, 1.54) is 30.3 Å². The van der Waals surface area contributed by atoms with Gasteiger partial charge in [-0.1, -0.05) is 18.2 Å². The lowest BCUT2D eigenvalue weighted by Crippen LogP contribution is -2.02. The van der Waals surface area contributed by atoms with Crippen LogP contribution in [-0.2, 0) is 9.84 Å². The van der Waals surface area contributed by atoms with E-state index in [0.29, 0.717) is 5.56 Å². The Labute approximate surface area is 110 Å². The van der Waals surface area contributed by atoms with Crippen molar-refractivity contribution < 1.29 is 13.3 Å². The molecule has 19 heavy (non-hydrogen) atoms. The number of rotatable bonds is 3. The van der Waals surface area contributed by atoms with Crippen molar-refractivity contribution in [2.75, 3.05) is 0 Å². The van der Waals surface area contributed by atoms with E-state index in [1.807, 2.05) is 0 Å². The number of hydrogen-bond acceptors (Lipinski definition) is 4. The first-order valence-electron chi connectivity index (χ1n) is 5.33. The first kappa shape index (κ1) is 13.2. The lowest BCUT2D eigenvalue weighted by Gasteiger charge is -2.04. The SMILES string of the molecule is [CH2]c1ccc(S(=O)(=O)c2cccc([N+](=O)[O-])c2)cc1. The molecule has 2 rings (SSSR count). The van der Waals surface area contributed by atoms with Gasteiger partial charge >= 0.3 is 0 Å². The van der Waals surface area contributed by atoms with Gasteiger partial charge in [-0.2, -0.15) is 0 Å². The van der Waals surface area contributed by atoms with Crippen molar-refractivity contribution >= 4 is 15.5 Å². The molecule has 0 aliphatic heterocycles. The topological polar surface area (TPSA) is 77.3 Å². The minimum absolute atomic E-state index is 0.0837. The molecule has 0 amide bonds. The van der Waals surface area contributed by atoms with Crippen molar-refractivity contribution in [3.05, 3.63) is 71.1 Å². The highest BCUT2D eigenvalue weighted by molar-refractivity contribution is 7.91. The van der Waals surface area contributed by atoms with Crippen LogP contribution in [0.3, 0.4) is 0 Å². The van der Waals surface area contributed by atoms with Crippen LogP contribution < -0.4 is 0 Å². The number of non-ortho nitro benzene ring substituents is 1. The number of hydrogen-bond donors (Lipinski definition) is 0. The summed E-state index contributed by atoms with van der Waals surface area (Å²) >= 11 is 0. The normalized spacial score (nSPS) is 11.2. The molecule has 0 fully saturated rings. The lowest BCUT2D eigenvalue weighted by molar-refractivity contribution is -0.385. The van der Waals surface area contributed by atoms with Gasteiger partial charge in [0.25, 0.3) is 5.69 Å². The van der Waals surface area contributed by atoms with Gasteiger partial charge < -0.3 is 0 Å². The van der Waals surface area contributed by atoms with Gasteiger partial charge in [-0.3, -0.25) is 10.1 Å². The summed E-state index contributed by atoms with van der Waals surface area (Å²) in [5.41, 5.74) is 0.438. The number of nitro groups is 1. The Balaban J connectivity index is 2.53. The number of nitro benzene ring substituents is 1. The third-order valence-electron chi connectivity index (χ3n) is 2.57. The molecule has 0 saturated heterocycles. The summed E-state index contributed by atoms with van der Waals surface area (Å²) in [6.07, 6.45) is 0. The van der Waals surface area contributed by atoms with Crippen molar-refractivity contribution in [1.82, 2.24) is 0 Å². The first-order valence-corrected chi connectivity index (χ1v) is 6.81. The molecule has 0 unspecified atom stereocenters. The van der Waals surface area contributed by atoms with Crippen molar-refractivity contribution in [2.45, 2.75) is 9.79 Å². The highest BCUT2D eigenvalue weighted by Crippen LogP contribution is 2.24. The van der Waals surface area contributed by atoms with Crippen molar-refractivity contribution in [2.24, 2.45) is 0 Å². The van der Waals surface area contributed by atoms with Gasteiger partial charge in [0.15, 0.2) is 0 Å². The summed E-state index contributed by atoms with van der Waals surface area (Å²) in [6, 6.07) is 11.0. The van der Waals surface area contributed by atoms with E-state index >= 15 is 0 Å². The van der Waals surface area contributed by atoms with Gasteiger partial charge in [-0.05, 0) is 30.7 Å². The van der Waals surface area contributed by atoms with Crippen LogP contribution in [0.15, 0.2) is 58.3 Å². The van der Waals surface area contributed by atoms with Gasteiger partial charge in [-0.15, -0.1) is 0 Å². The Hall–Kier alpha value is -2.21. The Kier molecular flexibility index (Phi) is 3.35. The van der Waals surface area contributed by atoms with Gasteiger partial charge in [0.2, 0.25) is 9.84 Å². The maximum Gasteiger partial charge on any atom is 0.270 e. The molecule has 1 radical (unpaired) electrons. The zero-order valence-corrected chi connectivity index (χ0v) is 10.6. The van der Waals surface area contributed by atoms with E-state index in [9.17, 15) is 18.5 Å².